The van der Waals surface area contributed by atoms with Gasteiger partial charge in [-0.2, -0.15) is 0 Å². The van der Waals surface area contributed by atoms with Crippen molar-refractivity contribution in [1.29, 1.82) is 0 Å². The fourth-order valence-electron chi connectivity index (χ4n) is 4.24. The summed E-state index contributed by atoms with van der Waals surface area (Å²) in [6.45, 7) is 7.64. The average Bonchev–Trinajstić information content (AvgIpc) is 3.05. The van der Waals surface area contributed by atoms with E-state index in [0.717, 1.165) is 38.6 Å². The quantitative estimate of drug-likeness (QED) is 0.822. The number of urea groups is 1. The number of hydrogen-bond donors (Lipinski definition) is 1. The van der Waals surface area contributed by atoms with Crippen LogP contribution in [0.3, 0.4) is 0 Å². The molecule has 2 saturated heterocycles. The van der Waals surface area contributed by atoms with Crippen molar-refractivity contribution in [1.82, 2.24) is 15.1 Å². The number of carbonyl (C=O) groups is 2. The highest BCUT2D eigenvalue weighted by Gasteiger charge is 2.49. The van der Waals surface area contributed by atoms with Gasteiger partial charge in [0.05, 0.1) is 5.41 Å². The van der Waals surface area contributed by atoms with Gasteiger partial charge in [0.2, 0.25) is 5.91 Å². The molecular formula is C21H31N3O2. The van der Waals surface area contributed by atoms with Crippen molar-refractivity contribution < 1.29 is 9.59 Å². The summed E-state index contributed by atoms with van der Waals surface area (Å²) in [6.07, 6.45) is 4.76. The molecule has 1 N–H and O–H groups in total. The first-order valence-corrected chi connectivity index (χ1v) is 9.92. The SMILES string of the molecule is CCCCNC(=O)N1CCC2(CCCN(Cc3cccc(C)c3)C2=O)C1. The van der Waals surface area contributed by atoms with Gasteiger partial charge >= 0.3 is 6.03 Å². The Hall–Kier alpha value is -2.04. The molecule has 3 rings (SSSR count). The first kappa shape index (κ1) is 18.7. The van der Waals surface area contributed by atoms with Gasteiger partial charge in [0.1, 0.15) is 0 Å². The van der Waals surface area contributed by atoms with Gasteiger partial charge in [0.25, 0.3) is 0 Å². The minimum atomic E-state index is -0.371. The van der Waals surface area contributed by atoms with E-state index in [1.165, 1.54) is 11.1 Å². The monoisotopic (exact) mass is 357 g/mol. The summed E-state index contributed by atoms with van der Waals surface area (Å²) in [5.74, 6) is 0.231. The molecular weight excluding hydrogens is 326 g/mol. The average molecular weight is 357 g/mol. The third-order valence-electron chi connectivity index (χ3n) is 5.73. The molecule has 2 heterocycles. The number of benzene rings is 1. The lowest BCUT2D eigenvalue weighted by atomic mass is 9.78. The summed E-state index contributed by atoms with van der Waals surface area (Å²) in [4.78, 5) is 29.4. The van der Waals surface area contributed by atoms with Crippen LogP contribution in [0.1, 0.15) is 50.2 Å². The highest BCUT2D eigenvalue weighted by Crippen LogP contribution is 2.40. The first-order chi connectivity index (χ1) is 12.5. The van der Waals surface area contributed by atoms with Crippen molar-refractivity contribution in [3.8, 4) is 0 Å². The second-order valence-electron chi connectivity index (χ2n) is 7.86. The standard InChI is InChI=1S/C21H31N3O2/c1-3-4-11-22-20(26)24-13-10-21(16-24)9-6-12-23(19(21)25)15-18-8-5-7-17(2)14-18/h5,7-8,14H,3-4,6,9-13,15-16H2,1-2H3,(H,22,26). The van der Waals surface area contributed by atoms with E-state index < -0.39 is 0 Å². The molecule has 1 unspecified atom stereocenters. The Morgan fingerprint density at radius 2 is 2.12 bits per heavy atom. The van der Waals surface area contributed by atoms with E-state index >= 15 is 0 Å². The molecule has 0 saturated carbocycles. The molecule has 2 aliphatic rings. The fraction of sp³-hybridized carbons (Fsp3) is 0.619. The molecule has 0 bridgehead atoms. The van der Waals surface area contributed by atoms with Crippen LogP contribution in [-0.4, -0.2) is 47.9 Å². The van der Waals surface area contributed by atoms with E-state index in [9.17, 15) is 9.59 Å². The number of unbranched alkanes of at least 4 members (excludes halogenated alkanes) is 1. The maximum atomic E-state index is 13.2. The molecule has 142 valence electrons. The maximum absolute atomic E-state index is 13.2. The van der Waals surface area contributed by atoms with E-state index in [1.54, 1.807) is 0 Å². The van der Waals surface area contributed by atoms with Crippen LogP contribution in [0.15, 0.2) is 24.3 Å². The smallest absolute Gasteiger partial charge is 0.317 e. The lowest BCUT2D eigenvalue weighted by molar-refractivity contribution is -0.146. The number of hydrogen-bond acceptors (Lipinski definition) is 2. The fourth-order valence-corrected chi connectivity index (χ4v) is 4.24. The second-order valence-corrected chi connectivity index (χ2v) is 7.86. The first-order valence-electron chi connectivity index (χ1n) is 9.92. The highest BCUT2D eigenvalue weighted by atomic mass is 16.2. The summed E-state index contributed by atoms with van der Waals surface area (Å²) in [7, 11) is 0. The Kier molecular flexibility index (Phi) is 5.84. The molecule has 5 heteroatoms. The zero-order valence-electron chi connectivity index (χ0n) is 16.1. The summed E-state index contributed by atoms with van der Waals surface area (Å²) < 4.78 is 0. The molecule has 1 aromatic rings. The van der Waals surface area contributed by atoms with Crippen LogP contribution in [0.2, 0.25) is 0 Å². The van der Waals surface area contributed by atoms with Crippen LogP contribution in [0.5, 0.6) is 0 Å². The molecule has 1 aromatic carbocycles. The Bertz CT molecular complexity index is 660. The van der Waals surface area contributed by atoms with E-state index in [0.29, 0.717) is 26.2 Å². The van der Waals surface area contributed by atoms with Crippen molar-refractivity contribution in [3.63, 3.8) is 0 Å². The maximum Gasteiger partial charge on any atom is 0.317 e. The molecule has 1 atom stereocenters. The minimum Gasteiger partial charge on any atom is -0.338 e. The Balaban J connectivity index is 1.63. The second kappa shape index (κ2) is 8.11. The molecule has 0 aromatic heterocycles. The molecule has 5 nitrogen and oxygen atoms in total. The number of aryl methyl sites for hydroxylation is 1. The van der Waals surface area contributed by atoms with Crippen LogP contribution in [-0.2, 0) is 11.3 Å². The largest absolute Gasteiger partial charge is 0.338 e. The zero-order valence-corrected chi connectivity index (χ0v) is 16.1. The van der Waals surface area contributed by atoms with Gasteiger partial charge in [0, 0.05) is 32.7 Å². The van der Waals surface area contributed by atoms with Crippen molar-refractivity contribution >= 4 is 11.9 Å². The zero-order chi connectivity index (χ0) is 18.6. The molecule has 2 aliphatic heterocycles. The third kappa shape index (κ3) is 4.02. The molecule has 0 radical (unpaired) electrons. The molecule has 3 amide bonds. The van der Waals surface area contributed by atoms with E-state index in [2.05, 4.69) is 37.4 Å². The summed E-state index contributed by atoms with van der Waals surface area (Å²) in [5.41, 5.74) is 2.03. The molecule has 26 heavy (non-hydrogen) atoms. The number of rotatable bonds is 5. The summed E-state index contributed by atoms with van der Waals surface area (Å²) >= 11 is 0. The number of likely N-dealkylation sites (tertiary alicyclic amines) is 2. The van der Waals surface area contributed by atoms with Crippen molar-refractivity contribution in [2.24, 2.45) is 5.41 Å². The lowest BCUT2D eigenvalue weighted by Crippen LogP contribution is -2.50. The molecule has 0 aliphatic carbocycles. The van der Waals surface area contributed by atoms with Crippen LogP contribution >= 0.6 is 0 Å². The van der Waals surface area contributed by atoms with Crippen LogP contribution in [0.25, 0.3) is 0 Å². The van der Waals surface area contributed by atoms with Gasteiger partial charge in [-0.3, -0.25) is 4.79 Å². The summed E-state index contributed by atoms with van der Waals surface area (Å²) in [6, 6.07) is 8.35. The van der Waals surface area contributed by atoms with Gasteiger partial charge in [-0.15, -0.1) is 0 Å². The highest BCUT2D eigenvalue weighted by molar-refractivity contribution is 5.85. The van der Waals surface area contributed by atoms with Gasteiger partial charge in [-0.1, -0.05) is 43.2 Å². The predicted octanol–water partition coefficient (Wildman–Crippen LogP) is 3.32. The molecule has 1 spiro atoms. The van der Waals surface area contributed by atoms with Gasteiger partial charge in [-0.05, 0) is 38.2 Å². The summed E-state index contributed by atoms with van der Waals surface area (Å²) in [5, 5.41) is 2.98. The lowest BCUT2D eigenvalue weighted by Gasteiger charge is -2.39. The number of carbonyl (C=O) groups excluding carboxylic acids is 2. The normalized spacial score (nSPS) is 22.9. The van der Waals surface area contributed by atoms with Crippen LogP contribution in [0, 0.1) is 12.3 Å². The number of piperidine rings is 1. The van der Waals surface area contributed by atoms with Crippen molar-refractivity contribution in [2.45, 2.75) is 52.5 Å². The van der Waals surface area contributed by atoms with Crippen molar-refractivity contribution in [2.75, 3.05) is 26.2 Å². The van der Waals surface area contributed by atoms with Gasteiger partial charge < -0.3 is 15.1 Å². The molecule has 2 fully saturated rings. The van der Waals surface area contributed by atoms with Crippen LogP contribution < -0.4 is 5.32 Å². The topological polar surface area (TPSA) is 52.7 Å². The predicted molar refractivity (Wildman–Crippen MR) is 103 cm³/mol. The van der Waals surface area contributed by atoms with E-state index in [-0.39, 0.29) is 17.4 Å². The van der Waals surface area contributed by atoms with E-state index in [1.807, 2.05) is 15.9 Å². The van der Waals surface area contributed by atoms with Gasteiger partial charge in [0.15, 0.2) is 0 Å². The third-order valence-corrected chi connectivity index (χ3v) is 5.73. The minimum absolute atomic E-state index is 0.0149. The Labute approximate surface area is 156 Å². The number of nitrogens with zero attached hydrogens (tertiary/aromatic N) is 2. The van der Waals surface area contributed by atoms with Crippen LogP contribution in [0.4, 0.5) is 4.79 Å². The Morgan fingerprint density at radius 1 is 1.27 bits per heavy atom. The Morgan fingerprint density at radius 3 is 2.88 bits per heavy atom. The van der Waals surface area contributed by atoms with Crippen molar-refractivity contribution in [3.05, 3.63) is 35.4 Å². The number of amides is 3. The van der Waals surface area contributed by atoms with Gasteiger partial charge in [-0.25, -0.2) is 4.79 Å². The number of nitrogens with one attached hydrogen (secondary N) is 1. The van der Waals surface area contributed by atoms with E-state index in [4.69, 9.17) is 0 Å².